The molecule has 0 amide bonds. The van der Waals surface area contributed by atoms with Gasteiger partial charge in [0.1, 0.15) is 5.75 Å². The van der Waals surface area contributed by atoms with Crippen molar-refractivity contribution in [3.8, 4) is 5.75 Å². The van der Waals surface area contributed by atoms with E-state index >= 15 is 0 Å². The number of piperidine rings is 1. The average Bonchev–Trinajstić information content (AvgIpc) is 2.71. The first-order chi connectivity index (χ1) is 13.1. The van der Waals surface area contributed by atoms with Crippen LogP contribution in [0.4, 0.5) is 0 Å². The second-order valence-corrected chi connectivity index (χ2v) is 6.52. The van der Waals surface area contributed by atoms with Gasteiger partial charge in [-0.2, -0.15) is 0 Å². The maximum absolute atomic E-state index is 12.1. The summed E-state index contributed by atoms with van der Waals surface area (Å²) in [5, 5.41) is 13.7. The molecule has 7 heteroatoms. The van der Waals surface area contributed by atoms with Crippen molar-refractivity contribution in [3.05, 3.63) is 29.8 Å². The van der Waals surface area contributed by atoms with Crippen LogP contribution in [0, 0.1) is 5.92 Å². The van der Waals surface area contributed by atoms with E-state index < -0.39 is 6.10 Å². The Hall–Kier alpha value is -2.28. The maximum Gasteiger partial charge on any atom is 0.310 e. The number of nitrogens with one attached hydrogen (secondary N) is 1. The number of carbonyl (C=O) groups excluding carboxylic acids is 1. The zero-order chi connectivity index (χ0) is 19.6. The molecule has 7 nitrogen and oxygen atoms in total. The van der Waals surface area contributed by atoms with Gasteiger partial charge in [-0.3, -0.25) is 9.79 Å². The quantitative estimate of drug-likeness (QED) is 0.429. The van der Waals surface area contributed by atoms with Crippen LogP contribution in [0.25, 0.3) is 0 Å². The number of aliphatic hydroxyl groups excluding tert-OH is 1. The molecule has 27 heavy (non-hydrogen) atoms. The van der Waals surface area contributed by atoms with Crippen LogP contribution in [0.5, 0.6) is 5.75 Å². The number of likely N-dealkylation sites (tertiary alicyclic amines) is 1. The molecule has 1 aromatic rings. The van der Waals surface area contributed by atoms with Gasteiger partial charge in [0.15, 0.2) is 5.96 Å². The molecule has 150 valence electrons. The van der Waals surface area contributed by atoms with Gasteiger partial charge in [0.25, 0.3) is 0 Å². The predicted octanol–water partition coefficient (Wildman–Crippen LogP) is 1.97. The summed E-state index contributed by atoms with van der Waals surface area (Å²) >= 11 is 0. The van der Waals surface area contributed by atoms with Gasteiger partial charge in [-0.25, -0.2) is 0 Å². The van der Waals surface area contributed by atoms with Crippen LogP contribution < -0.4 is 10.1 Å². The highest BCUT2D eigenvalue weighted by molar-refractivity contribution is 5.81. The molecule has 1 aliphatic heterocycles. The summed E-state index contributed by atoms with van der Waals surface area (Å²) in [7, 11) is 1.60. The summed E-state index contributed by atoms with van der Waals surface area (Å²) in [5.74, 6) is 1.14. The molecule has 2 N–H and O–H groups in total. The van der Waals surface area contributed by atoms with Crippen molar-refractivity contribution in [2.45, 2.75) is 32.8 Å². The van der Waals surface area contributed by atoms with E-state index in [1.54, 1.807) is 7.11 Å². The van der Waals surface area contributed by atoms with Crippen LogP contribution in [0.3, 0.4) is 0 Å². The molecular weight excluding hydrogens is 346 g/mol. The number of esters is 1. The number of nitrogens with zero attached hydrogens (tertiary/aromatic N) is 2. The molecule has 1 heterocycles. The third-order valence-electron chi connectivity index (χ3n) is 4.57. The molecule has 1 aromatic carbocycles. The monoisotopic (exact) mass is 377 g/mol. The summed E-state index contributed by atoms with van der Waals surface area (Å²) in [6, 6.07) is 7.35. The highest BCUT2D eigenvalue weighted by atomic mass is 16.5. The van der Waals surface area contributed by atoms with Gasteiger partial charge in [-0.1, -0.05) is 12.1 Å². The molecule has 0 aromatic heterocycles. The first-order valence-electron chi connectivity index (χ1n) is 9.60. The normalized spacial score (nSPS) is 18.7. The number of ether oxygens (including phenoxy) is 2. The Balaban J connectivity index is 2.05. The Bertz CT molecular complexity index is 635. The van der Waals surface area contributed by atoms with E-state index in [9.17, 15) is 9.90 Å². The number of hydrogen-bond donors (Lipinski definition) is 2. The van der Waals surface area contributed by atoms with E-state index in [1.165, 1.54) is 0 Å². The fourth-order valence-electron chi connectivity index (χ4n) is 3.17. The first kappa shape index (κ1) is 21.0. The van der Waals surface area contributed by atoms with E-state index in [1.807, 2.05) is 38.1 Å². The number of aliphatic hydroxyl groups is 1. The van der Waals surface area contributed by atoms with Crippen LogP contribution in [-0.4, -0.2) is 61.8 Å². The zero-order valence-corrected chi connectivity index (χ0v) is 16.5. The summed E-state index contributed by atoms with van der Waals surface area (Å²) in [6.45, 7) is 6.59. The van der Waals surface area contributed by atoms with Crippen molar-refractivity contribution in [1.29, 1.82) is 0 Å². The molecule has 2 rings (SSSR count). The molecule has 0 aliphatic carbocycles. The van der Waals surface area contributed by atoms with Crippen LogP contribution in [-0.2, 0) is 9.53 Å². The number of aliphatic imine (C=N–C) groups is 1. The van der Waals surface area contributed by atoms with Gasteiger partial charge in [-0.15, -0.1) is 0 Å². The first-order valence-corrected chi connectivity index (χ1v) is 9.60. The lowest BCUT2D eigenvalue weighted by atomic mass is 9.98. The van der Waals surface area contributed by atoms with E-state index in [0.717, 1.165) is 24.9 Å². The Kier molecular flexibility index (Phi) is 8.39. The van der Waals surface area contributed by atoms with Crippen molar-refractivity contribution in [2.24, 2.45) is 10.9 Å². The average molecular weight is 377 g/mol. The smallest absolute Gasteiger partial charge is 0.310 e. The van der Waals surface area contributed by atoms with Crippen LogP contribution in [0.15, 0.2) is 29.3 Å². The molecule has 1 fully saturated rings. The largest absolute Gasteiger partial charge is 0.497 e. The number of methoxy groups -OCH3 is 1. The second-order valence-electron chi connectivity index (χ2n) is 6.52. The Morgan fingerprint density at radius 1 is 1.44 bits per heavy atom. The Labute approximate surface area is 161 Å². The Morgan fingerprint density at radius 2 is 2.26 bits per heavy atom. The minimum Gasteiger partial charge on any atom is -0.497 e. The van der Waals surface area contributed by atoms with Gasteiger partial charge < -0.3 is 24.8 Å². The molecule has 0 spiro atoms. The van der Waals surface area contributed by atoms with Gasteiger partial charge in [-0.05, 0) is 44.4 Å². The van der Waals surface area contributed by atoms with E-state index in [-0.39, 0.29) is 18.4 Å². The third-order valence-corrected chi connectivity index (χ3v) is 4.57. The van der Waals surface area contributed by atoms with Crippen molar-refractivity contribution in [3.63, 3.8) is 0 Å². The van der Waals surface area contributed by atoms with Crippen molar-refractivity contribution < 1.29 is 19.4 Å². The lowest BCUT2D eigenvalue weighted by Crippen LogP contribution is -2.48. The molecule has 2 unspecified atom stereocenters. The van der Waals surface area contributed by atoms with Crippen LogP contribution in [0.1, 0.15) is 38.4 Å². The van der Waals surface area contributed by atoms with E-state index in [4.69, 9.17) is 9.47 Å². The van der Waals surface area contributed by atoms with E-state index in [0.29, 0.717) is 31.4 Å². The topological polar surface area (TPSA) is 83.4 Å². The second kappa shape index (κ2) is 10.8. The molecular formula is C20H31N3O4. The highest BCUT2D eigenvalue weighted by Gasteiger charge is 2.28. The van der Waals surface area contributed by atoms with Crippen molar-refractivity contribution in [1.82, 2.24) is 10.2 Å². The molecule has 0 bridgehead atoms. The summed E-state index contributed by atoms with van der Waals surface area (Å²) in [6.07, 6.45) is 1.02. The molecule has 0 saturated carbocycles. The fraction of sp³-hybridized carbons (Fsp3) is 0.600. The zero-order valence-electron chi connectivity index (χ0n) is 16.5. The summed E-state index contributed by atoms with van der Waals surface area (Å²) in [5.41, 5.74) is 0.761. The lowest BCUT2D eigenvalue weighted by Gasteiger charge is -2.34. The van der Waals surface area contributed by atoms with E-state index in [2.05, 4.69) is 15.2 Å². The summed E-state index contributed by atoms with van der Waals surface area (Å²) in [4.78, 5) is 18.7. The number of carbonyl (C=O) groups is 1. The van der Waals surface area contributed by atoms with Gasteiger partial charge >= 0.3 is 5.97 Å². The predicted molar refractivity (Wildman–Crippen MR) is 105 cm³/mol. The minimum atomic E-state index is -0.723. The number of benzene rings is 1. The van der Waals surface area contributed by atoms with Crippen LogP contribution >= 0.6 is 0 Å². The number of hydrogen-bond acceptors (Lipinski definition) is 5. The summed E-state index contributed by atoms with van der Waals surface area (Å²) < 4.78 is 10.4. The highest BCUT2D eigenvalue weighted by Crippen LogP contribution is 2.21. The van der Waals surface area contributed by atoms with Gasteiger partial charge in [0.05, 0.1) is 32.3 Å². The lowest BCUT2D eigenvalue weighted by molar-refractivity contribution is -0.149. The van der Waals surface area contributed by atoms with Gasteiger partial charge in [0.2, 0.25) is 0 Å². The third kappa shape index (κ3) is 6.13. The fourth-order valence-corrected chi connectivity index (χ4v) is 3.17. The number of guanidine groups is 1. The molecule has 2 atom stereocenters. The van der Waals surface area contributed by atoms with Crippen molar-refractivity contribution >= 4 is 11.9 Å². The molecule has 1 saturated heterocycles. The molecule has 1 aliphatic rings. The Morgan fingerprint density at radius 3 is 2.96 bits per heavy atom. The van der Waals surface area contributed by atoms with Gasteiger partial charge in [0, 0.05) is 19.6 Å². The standard InChI is InChI=1S/C20H31N3O4/c1-4-21-20(23-11-7-9-16(14-23)19(25)27-5-2)22-13-18(24)15-8-6-10-17(12-15)26-3/h6,8,10,12,16,18,24H,4-5,7,9,11,13-14H2,1-3H3,(H,21,22). The number of rotatable bonds is 7. The molecule has 0 radical (unpaired) electrons. The maximum atomic E-state index is 12.1. The minimum absolute atomic E-state index is 0.133. The van der Waals surface area contributed by atoms with Crippen LogP contribution in [0.2, 0.25) is 0 Å². The SMILES string of the molecule is CCNC(=NCC(O)c1cccc(OC)c1)N1CCCC(C(=O)OCC)C1. The van der Waals surface area contributed by atoms with Crippen molar-refractivity contribution in [2.75, 3.05) is 39.9 Å².